The Morgan fingerprint density at radius 2 is 2.00 bits per heavy atom. The average Bonchev–Trinajstić information content (AvgIpc) is 3.03. The van der Waals surface area contributed by atoms with Gasteiger partial charge in [-0.2, -0.15) is 0 Å². The topological polar surface area (TPSA) is 49.8 Å². The third-order valence-corrected chi connectivity index (χ3v) is 5.15. The van der Waals surface area contributed by atoms with Crippen LogP contribution in [0.3, 0.4) is 0 Å². The maximum atomic E-state index is 6.02. The summed E-state index contributed by atoms with van der Waals surface area (Å²) in [6, 6.07) is 12.9. The first kappa shape index (κ1) is 16.3. The number of aromatic nitrogens is 2. The third kappa shape index (κ3) is 4.26. The molecule has 0 bridgehead atoms. The Kier molecular flexibility index (Phi) is 5.56. The van der Waals surface area contributed by atoms with Gasteiger partial charge in [-0.1, -0.05) is 41.9 Å². The van der Waals surface area contributed by atoms with Crippen LogP contribution in [0.1, 0.15) is 6.92 Å². The van der Waals surface area contributed by atoms with Gasteiger partial charge in [0.05, 0.1) is 10.2 Å². The molecule has 1 aliphatic rings. The van der Waals surface area contributed by atoms with Crippen LogP contribution < -0.4 is 10.6 Å². The summed E-state index contributed by atoms with van der Waals surface area (Å²) < 4.78 is 0.947. The van der Waals surface area contributed by atoms with Crippen molar-refractivity contribution in [3.05, 3.63) is 47.9 Å². The standard InChI is InChI=1S/C12H7ClN2S.C5H12N2/c13-12-11-9(14-7-15-12)6-10(16-11)8-4-2-1-3-5-8;1-5-4-6-2-3-7-5/h1-7H;5-7H,2-4H2,1H3/t;5-/m.1/s1. The van der Waals surface area contributed by atoms with Crippen LogP contribution in [0, 0.1) is 0 Å². The van der Waals surface area contributed by atoms with Gasteiger partial charge in [0.1, 0.15) is 11.5 Å². The van der Waals surface area contributed by atoms with Gasteiger partial charge in [0, 0.05) is 30.6 Å². The highest BCUT2D eigenvalue weighted by atomic mass is 35.5. The molecule has 3 heterocycles. The van der Waals surface area contributed by atoms with Crippen molar-refractivity contribution in [2.24, 2.45) is 0 Å². The number of thiophene rings is 1. The Labute approximate surface area is 144 Å². The zero-order valence-electron chi connectivity index (χ0n) is 12.9. The van der Waals surface area contributed by atoms with Crippen LogP contribution in [0.15, 0.2) is 42.7 Å². The first-order chi connectivity index (χ1) is 11.2. The van der Waals surface area contributed by atoms with Crippen LogP contribution in [-0.4, -0.2) is 35.6 Å². The van der Waals surface area contributed by atoms with E-state index in [1.807, 2.05) is 24.3 Å². The van der Waals surface area contributed by atoms with Gasteiger partial charge in [-0.05, 0) is 18.6 Å². The van der Waals surface area contributed by atoms with Gasteiger partial charge >= 0.3 is 0 Å². The Bertz CT molecular complexity index is 754. The summed E-state index contributed by atoms with van der Waals surface area (Å²) in [5.41, 5.74) is 2.09. The van der Waals surface area contributed by atoms with Gasteiger partial charge in [-0.3, -0.25) is 0 Å². The van der Waals surface area contributed by atoms with Crippen LogP contribution in [0.2, 0.25) is 5.15 Å². The smallest absolute Gasteiger partial charge is 0.150 e. The molecule has 0 saturated carbocycles. The van der Waals surface area contributed by atoms with E-state index in [2.05, 4.69) is 39.7 Å². The highest BCUT2D eigenvalue weighted by Gasteiger charge is 2.08. The summed E-state index contributed by atoms with van der Waals surface area (Å²) in [7, 11) is 0. The minimum absolute atomic E-state index is 0.525. The molecule has 1 fully saturated rings. The molecular weight excluding hydrogens is 328 g/mol. The minimum Gasteiger partial charge on any atom is -0.314 e. The van der Waals surface area contributed by atoms with Gasteiger partial charge in [-0.25, -0.2) is 9.97 Å². The summed E-state index contributed by atoms with van der Waals surface area (Å²) in [5, 5.41) is 7.12. The van der Waals surface area contributed by atoms with Crippen molar-refractivity contribution in [3.8, 4) is 10.4 Å². The molecule has 120 valence electrons. The summed E-state index contributed by atoms with van der Waals surface area (Å²) >= 11 is 7.64. The lowest BCUT2D eigenvalue weighted by Gasteiger charge is -2.19. The maximum absolute atomic E-state index is 6.02. The van der Waals surface area contributed by atoms with E-state index in [4.69, 9.17) is 11.6 Å². The van der Waals surface area contributed by atoms with Crippen LogP contribution in [0.4, 0.5) is 0 Å². The fourth-order valence-corrected chi connectivity index (χ4v) is 3.62. The number of nitrogens with zero attached hydrogens (tertiary/aromatic N) is 2. The molecule has 0 unspecified atom stereocenters. The average molecular weight is 347 g/mol. The van der Waals surface area contributed by atoms with Crippen LogP contribution >= 0.6 is 22.9 Å². The minimum atomic E-state index is 0.525. The van der Waals surface area contributed by atoms with E-state index < -0.39 is 0 Å². The number of rotatable bonds is 1. The number of halogens is 1. The number of fused-ring (bicyclic) bond motifs is 1. The molecule has 0 amide bonds. The Morgan fingerprint density at radius 1 is 1.17 bits per heavy atom. The van der Waals surface area contributed by atoms with E-state index in [-0.39, 0.29) is 0 Å². The number of piperazine rings is 1. The summed E-state index contributed by atoms with van der Waals surface area (Å²) in [6.07, 6.45) is 1.49. The number of hydrogen-bond donors (Lipinski definition) is 2. The molecule has 1 atom stereocenters. The van der Waals surface area contributed by atoms with E-state index in [0.717, 1.165) is 34.7 Å². The van der Waals surface area contributed by atoms with E-state index in [9.17, 15) is 0 Å². The maximum Gasteiger partial charge on any atom is 0.150 e. The predicted octanol–water partition coefficient (Wildman–Crippen LogP) is 3.58. The molecule has 0 spiro atoms. The van der Waals surface area contributed by atoms with Crippen LogP contribution in [0.25, 0.3) is 20.7 Å². The second-order valence-corrected chi connectivity index (χ2v) is 6.83. The lowest BCUT2D eigenvalue weighted by atomic mass is 10.2. The molecule has 23 heavy (non-hydrogen) atoms. The number of nitrogens with one attached hydrogen (secondary N) is 2. The second kappa shape index (κ2) is 7.84. The summed E-state index contributed by atoms with van der Waals surface area (Å²) in [5.74, 6) is 0. The van der Waals surface area contributed by atoms with Gasteiger partial charge in [0.15, 0.2) is 0 Å². The quantitative estimate of drug-likeness (QED) is 0.661. The van der Waals surface area contributed by atoms with Crippen molar-refractivity contribution in [1.82, 2.24) is 20.6 Å². The van der Waals surface area contributed by atoms with E-state index >= 15 is 0 Å². The highest BCUT2D eigenvalue weighted by Crippen LogP contribution is 2.34. The van der Waals surface area contributed by atoms with Crippen molar-refractivity contribution in [2.45, 2.75) is 13.0 Å². The Balaban J connectivity index is 0.000000188. The largest absolute Gasteiger partial charge is 0.314 e. The fraction of sp³-hybridized carbons (Fsp3) is 0.294. The zero-order chi connectivity index (χ0) is 16.1. The van der Waals surface area contributed by atoms with E-state index in [1.54, 1.807) is 11.3 Å². The van der Waals surface area contributed by atoms with Crippen molar-refractivity contribution in [2.75, 3.05) is 19.6 Å². The molecule has 2 N–H and O–H groups in total. The zero-order valence-corrected chi connectivity index (χ0v) is 14.5. The Hall–Kier alpha value is -1.53. The third-order valence-electron chi connectivity index (χ3n) is 3.57. The van der Waals surface area contributed by atoms with Crippen LogP contribution in [-0.2, 0) is 0 Å². The van der Waals surface area contributed by atoms with Gasteiger partial charge < -0.3 is 10.6 Å². The first-order valence-corrected chi connectivity index (χ1v) is 8.83. The molecule has 0 radical (unpaired) electrons. The van der Waals surface area contributed by atoms with E-state index in [1.165, 1.54) is 11.9 Å². The lowest BCUT2D eigenvalue weighted by Crippen LogP contribution is -2.46. The van der Waals surface area contributed by atoms with Gasteiger partial charge in [0.25, 0.3) is 0 Å². The summed E-state index contributed by atoms with van der Waals surface area (Å²) in [6.45, 7) is 5.57. The molecule has 6 heteroatoms. The molecule has 0 aliphatic carbocycles. The number of benzene rings is 1. The fourth-order valence-electron chi connectivity index (χ4n) is 2.37. The molecule has 4 nitrogen and oxygen atoms in total. The normalized spacial score (nSPS) is 17.6. The van der Waals surface area contributed by atoms with E-state index in [0.29, 0.717) is 11.2 Å². The molecule has 1 aromatic carbocycles. The molecule has 1 saturated heterocycles. The SMILES string of the molecule is C[C@@H]1CNCCN1.Clc1ncnc2cc(-c3ccccc3)sc12. The van der Waals surface area contributed by atoms with Crippen molar-refractivity contribution in [1.29, 1.82) is 0 Å². The Morgan fingerprint density at radius 3 is 2.61 bits per heavy atom. The predicted molar refractivity (Wildman–Crippen MR) is 98.2 cm³/mol. The van der Waals surface area contributed by atoms with Gasteiger partial charge in [-0.15, -0.1) is 11.3 Å². The molecule has 3 aromatic rings. The lowest BCUT2D eigenvalue weighted by molar-refractivity contribution is 0.442. The van der Waals surface area contributed by atoms with Gasteiger partial charge in [0.2, 0.25) is 0 Å². The summed E-state index contributed by atoms with van der Waals surface area (Å²) in [4.78, 5) is 9.35. The van der Waals surface area contributed by atoms with Crippen molar-refractivity contribution >= 4 is 33.2 Å². The van der Waals surface area contributed by atoms with Crippen molar-refractivity contribution in [3.63, 3.8) is 0 Å². The van der Waals surface area contributed by atoms with Crippen LogP contribution in [0.5, 0.6) is 0 Å². The number of hydrogen-bond acceptors (Lipinski definition) is 5. The molecule has 2 aromatic heterocycles. The monoisotopic (exact) mass is 346 g/mol. The molecular formula is C17H19ClN4S. The second-order valence-electron chi connectivity index (χ2n) is 5.41. The van der Waals surface area contributed by atoms with Crippen molar-refractivity contribution < 1.29 is 0 Å². The molecule has 1 aliphatic heterocycles. The highest BCUT2D eigenvalue weighted by molar-refractivity contribution is 7.22. The first-order valence-electron chi connectivity index (χ1n) is 7.63. The molecule has 4 rings (SSSR count).